The Morgan fingerprint density at radius 2 is 1.90 bits per heavy atom. The van der Waals surface area contributed by atoms with E-state index in [1.807, 2.05) is 0 Å². The molecule has 0 radical (unpaired) electrons. The lowest BCUT2D eigenvalue weighted by atomic mass is 10.1. The number of hydrogen-bond acceptors (Lipinski definition) is 5. The van der Waals surface area contributed by atoms with Crippen LogP contribution in [-0.2, 0) is 13.0 Å². The average Bonchev–Trinajstić information content (AvgIpc) is 2.99. The second-order valence-corrected chi connectivity index (χ2v) is 6.27. The predicted molar refractivity (Wildman–Crippen MR) is 88.0 cm³/mol. The van der Waals surface area contributed by atoms with Crippen molar-refractivity contribution in [2.75, 3.05) is 31.1 Å². The second-order valence-electron chi connectivity index (χ2n) is 5.54. The molecule has 2 heterocycles. The molecule has 5 heteroatoms. The molecule has 0 unspecified atom stereocenters. The highest BCUT2D eigenvalue weighted by atomic mass is 32.1. The number of aromatic nitrogens is 2. The van der Waals surface area contributed by atoms with Crippen LogP contribution in [0.2, 0.25) is 0 Å². The van der Waals surface area contributed by atoms with E-state index >= 15 is 0 Å². The zero-order valence-corrected chi connectivity index (χ0v) is 13.6. The molecule has 1 aromatic carbocycles. The van der Waals surface area contributed by atoms with E-state index in [9.17, 15) is 0 Å². The highest BCUT2D eigenvalue weighted by Crippen LogP contribution is 2.20. The molecule has 0 atom stereocenters. The molecule has 2 aromatic rings. The minimum Gasteiger partial charge on any atom is -0.344 e. The van der Waals surface area contributed by atoms with Crippen LogP contribution in [0.15, 0.2) is 24.3 Å². The quantitative estimate of drug-likeness (QED) is 0.869. The maximum absolute atomic E-state index is 4.59. The lowest BCUT2D eigenvalue weighted by Crippen LogP contribution is -2.46. The zero-order chi connectivity index (χ0) is 14.7. The van der Waals surface area contributed by atoms with Crippen LogP contribution >= 0.6 is 11.5 Å². The van der Waals surface area contributed by atoms with Gasteiger partial charge in [-0.05, 0) is 18.1 Å². The summed E-state index contributed by atoms with van der Waals surface area (Å²) in [5.74, 6) is 0.970. The largest absolute Gasteiger partial charge is 0.344 e. The molecule has 1 aromatic heterocycles. The summed E-state index contributed by atoms with van der Waals surface area (Å²) in [7, 11) is 0. The van der Waals surface area contributed by atoms with Crippen molar-refractivity contribution in [3.8, 4) is 0 Å². The van der Waals surface area contributed by atoms with Crippen molar-refractivity contribution in [2.45, 2.75) is 26.8 Å². The SMILES string of the molecule is CCc1nsc(N2CCN(Cc3ccccc3C)CC2)n1. The summed E-state index contributed by atoms with van der Waals surface area (Å²) in [6.45, 7) is 9.63. The molecule has 0 N–H and O–H groups in total. The number of anilines is 1. The third-order valence-electron chi connectivity index (χ3n) is 4.07. The Morgan fingerprint density at radius 1 is 1.14 bits per heavy atom. The molecule has 0 aliphatic carbocycles. The van der Waals surface area contributed by atoms with Crippen molar-refractivity contribution < 1.29 is 0 Å². The minimum atomic E-state index is 0.920. The van der Waals surface area contributed by atoms with Crippen LogP contribution in [0.1, 0.15) is 23.9 Å². The van der Waals surface area contributed by atoms with Crippen molar-refractivity contribution in [2.24, 2.45) is 0 Å². The highest BCUT2D eigenvalue weighted by Gasteiger charge is 2.20. The van der Waals surface area contributed by atoms with E-state index in [4.69, 9.17) is 0 Å². The third-order valence-corrected chi connectivity index (χ3v) is 4.89. The van der Waals surface area contributed by atoms with Crippen LogP contribution in [0.3, 0.4) is 0 Å². The normalized spacial score (nSPS) is 16.4. The van der Waals surface area contributed by atoms with E-state index in [1.165, 1.54) is 22.7 Å². The Labute approximate surface area is 130 Å². The molecule has 112 valence electrons. The Hall–Kier alpha value is -1.46. The second kappa shape index (κ2) is 6.54. The summed E-state index contributed by atoms with van der Waals surface area (Å²) < 4.78 is 4.38. The van der Waals surface area contributed by atoms with Gasteiger partial charge >= 0.3 is 0 Å². The van der Waals surface area contributed by atoms with Gasteiger partial charge in [0, 0.05) is 50.7 Å². The van der Waals surface area contributed by atoms with Crippen LogP contribution in [0.4, 0.5) is 5.13 Å². The third kappa shape index (κ3) is 3.41. The van der Waals surface area contributed by atoms with Crippen LogP contribution in [0.5, 0.6) is 0 Å². The molecule has 1 fully saturated rings. The van der Waals surface area contributed by atoms with Gasteiger partial charge in [0.25, 0.3) is 0 Å². The topological polar surface area (TPSA) is 32.3 Å². The van der Waals surface area contributed by atoms with E-state index in [2.05, 4.69) is 57.3 Å². The van der Waals surface area contributed by atoms with E-state index in [-0.39, 0.29) is 0 Å². The molecule has 4 nitrogen and oxygen atoms in total. The van der Waals surface area contributed by atoms with E-state index < -0.39 is 0 Å². The van der Waals surface area contributed by atoms with Gasteiger partial charge in [-0.1, -0.05) is 31.2 Å². The number of nitrogens with zero attached hydrogens (tertiary/aromatic N) is 4. The van der Waals surface area contributed by atoms with Gasteiger partial charge in [0.15, 0.2) is 0 Å². The highest BCUT2D eigenvalue weighted by molar-refractivity contribution is 7.09. The number of aryl methyl sites for hydroxylation is 2. The fourth-order valence-corrected chi connectivity index (χ4v) is 3.44. The summed E-state index contributed by atoms with van der Waals surface area (Å²) in [4.78, 5) is 9.48. The number of hydrogen-bond donors (Lipinski definition) is 0. The fourth-order valence-electron chi connectivity index (χ4n) is 2.64. The van der Waals surface area contributed by atoms with Crippen LogP contribution in [-0.4, -0.2) is 40.4 Å². The first-order valence-electron chi connectivity index (χ1n) is 7.60. The number of rotatable bonds is 4. The zero-order valence-electron chi connectivity index (χ0n) is 12.7. The molecule has 1 aliphatic rings. The van der Waals surface area contributed by atoms with Crippen molar-refractivity contribution in [3.63, 3.8) is 0 Å². The van der Waals surface area contributed by atoms with Gasteiger partial charge < -0.3 is 4.90 Å². The fraction of sp³-hybridized carbons (Fsp3) is 0.500. The first kappa shape index (κ1) is 14.5. The molecule has 1 aliphatic heterocycles. The standard InChI is InChI=1S/C16H22N4S/c1-3-15-17-16(21-18-15)20-10-8-19(9-11-20)12-14-7-5-4-6-13(14)2/h4-7H,3,8-12H2,1-2H3. The monoisotopic (exact) mass is 302 g/mol. The molecule has 21 heavy (non-hydrogen) atoms. The molecule has 3 rings (SSSR count). The van der Waals surface area contributed by atoms with Crippen molar-refractivity contribution in [3.05, 3.63) is 41.2 Å². The van der Waals surface area contributed by atoms with Crippen LogP contribution < -0.4 is 4.90 Å². The molecule has 0 amide bonds. The number of piperazine rings is 1. The van der Waals surface area contributed by atoms with E-state index in [1.54, 1.807) is 0 Å². The van der Waals surface area contributed by atoms with Crippen LogP contribution in [0.25, 0.3) is 0 Å². The Kier molecular flexibility index (Phi) is 4.51. The van der Waals surface area contributed by atoms with Crippen molar-refractivity contribution >= 4 is 16.7 Å². The lowest BCUT2D eigenvalue weighted by Gasteiger charge is -2.34. The van der Waals surface area contributed by atoms with Crippen LogP contribution in [0, 0.1) is 6.92 Å². The van der Waals surface area contributed by atoms with Crippen molar-refractivity contribution in [1.82, 2.24) is 14.3 Å². The van der Waals surface area contributed by atoms with Gasteiger partial charge in [0.05, 0.1) is 0 Å². The number of benzene rings is 1. The van der Waals surface area contributed by atoms with Gasteiger partial charge in [0.1, 0.15) is 5.82 Å². The van der Waals surface area contributed by atoms with Gasteiger partial charge in [-0.3, -0.25) is 4.90 Å². The van der Waals surface area contributed by atoms with E-state index in [0.717, 1.165) is 50.1 Å². The molecule has 0 bridgehead atoms. The first-order chi connectivity index (χ1) is 10.3. The minimum absolute atomic E-state index is 0.920. The summed E-state index contributed by atoms with van der Waals surface area (Å²) >= 11 is 1.53. The Morgan fingerprint density at radius 3 is 2.57 bits per heavy atom. The molecular formula is C16H22N4S. The van der Waals surface area contributed by atoms with Gasteiger partial charge in [0.2, 0.25) is 5.13 Å². The van der Waals surface area contributed by atoms with Gasteiger partial charge in [-0.15, -0.1) is 0 Å². The molecule has 1 saturated heterocycles. The van der Waals surface area contributed by atoms with E-state index in [0.29, 0.717) is 0 Å². The summed E-state index contributed by atoms with van der Waals surface area (Å²) in [5, 5.41) is 1.09. The lowest BCUT2D eigenvalue weighted by molar-refractivity contribution is 0.249. The maximum Gasteiger partial charge on any atom is 0.205 e. The first-order valence-corrected chi connectivity index (χ1v) is 8.38. The summed E-state index contributed by atoms with van der Waals surface area (Å²) in [6.07, 6.45) is 0.920. The summed E-state index contributed by atoms with van der Waals surface area (Å²) in [5.41, 5.74) is 2.83. The Balaban J connectivity index is 1.56. The molecule has 0 saturated carbocycles. The smallest absolute Gasteiger partial charge is 0.205 e. The maximum atomic E-state index is 4.59. The van der Waals surface area contributed by atoms with Gasteiger partial charge in [-0.25, -0.2) is 4.98 Å². The molecule has 0 spiro atoms. The average molecular weight is 302 g/mol. The van der Waals surface area contributed by atoms with Gasteiger partial charge in [-0.2, -0.15) is 4.37 Å². The van der Waals surface area contributed by atoms with Crippen molar-refractivity contribution in [1.29, 1.82) is 0 Å². The Bertz CT molecular complexity index is 587. The predicted octanol–water partition coefficient (Wildman–Crippen LogP) is 2.73. The summed E-state index contributed by atoms with van der Waals surface area (Å²) in [6, 6.07) is 8.67. The molecular weight excluding hydrogens is 280 g/mol.